The van der Waals surface area contributed by atoms with Gasteiger partial charge in [-0.2, -0.15) is 0 Å². The summed E-state index contributed by atoms with van der Waals surface area (Å²) in [7, 11) is 1.79. The van der Waals surface area contributed by atoms with Crippen LogP contribution in [0.3, 0.4) is 0 Å². The van der Waals surface area contributed by atoms with E-state index in [-0.39, 0.29) is 23.8 Å². The normalized spacial score (nSPS) is 22.8. The summed E-state index contributed by atoms with van der Waals surface area (Å²) in [6, 6.07) is 7.38. The molecule has 1 aliphatic heterocycles. The van der Waals surface area contributed by atoms with Gasteiger partial charge in [0.1, 0.15) is 0 Å². The van der Waals surface area contributed by atoms with E-state index >= 15 is 0 Å². The number of carbonyl (C=O) groups is 2. The van der Waals surface area contributed by atoms with Crippen LogP contribution >= 0.6 is 11.6 Å². The summed E-state index contributed by atoms with van der Waals surface area (Å²) in [6.07, 6.45) is 1.20. The molecule has 108 valence electrons. The van der Waals surface area contributed by atoms with Crippen LogP contribution in [-0.2, 0) is 14.3 Å². The Morgan fingerprint density at radius 1 is 1.50 bits per heavy atom. The third-order valence-electron chi connectivity index (χ3n) is 3.68. The summed E-state index contributed by atoms with van der Waals surface area (Å²) in [5.74, 6) is -0.0940. The van der Waals surface area contributed by atoms with Gasteiger partial charge in [-0.25, -0.2) is 0 Å². The lowest BCUT2D eigenvalue weighted by molar-refractivity contribution is -0.146. The molecule has 1 saturated heterocycles. The van der Waals surface area contributed by atoms with Crippen molar-refractivity contribution >= 4 is 23.5 Å². The van der Waals surface area contributed by atoms with E-state index in [4.69, 9.17) is 16.3 Å². The molecule has 0 unspecified atom stereocenters. The maximum atomic E-state index is 11.9. The highest BCUT2D eigenvalue weighted by atomic mass is 35.5. The number of hydrogen-bond donors (Lipinski definition) is 0. The van der Waals surface area contributed by atoms with E-state index in [0.717, 1.165) is 5.56 Å². The number of nitrogens with zero attached hydrogens (tertiary/aromatic N) is 1. The quantitative estimate of drug-likeness (QED) is 0.806. The highest BCUT2D eigenvalue weighted by molar-refractivity contribution is 6.30. The van der Waals surface area contributed by atoms with Crippen molar-refractivity contribution in [2.75, 3.05) is 13.7 Å². The van der Waals surface area contributed by atoms with E-state index in [0.29, 0.717) is 24.5 Å². The fourth-order valence-corrected chi connectivity index (χ4v) is 2.90. The van der Waals surface area contributed by atoms with Crippen molar-refractivity contribution in [3.63, 3.8) is 0 Å². The Balaban J connectivity index is 2.25. The van der Waals surface area contributed by atoms with Crippen LogP contribution in [0, 0.1) is 5.92 Å². The average molecular weight is 296 g/mol. The Morgan fingerprint density at radius 2 is 2.25 bits per heavy atom. The number of amides is 1. The fraction of sp³-hybridized carbons (Fsp3) is 0.467. The van der Waals surface area contributed by atoms with Crippen LogP contribution in [0.1, 0.15) is 31.4 Å². The molecular formula is C15H18ClNO3. The maximum absolute atomic E-state index is 11.9. The van der Waals surface area contributed by atoms with Gasteiger partial charge < -0.3 is 9.64 Å². The SMILES string of the molecule is CC(=O)OC[C@H]1CCC(=O)N(C)[C@@H]1c1cccc(Cl)c1. The van der Waals surface area contributed by atoms with E-state index in [1.165, 1.54) is 6.92 Å². The lowest BCUT2D eigenvalue weighted by Crippen LogP contribution is -2.41. The van der Waals surface area contributed by atoms with Gasteiger partial charge in [0.15, 0.2) is 0 Å². The van der Waals surface area contributed by atoms with Crippen LogP contribution < -0.4 is 0 Å². The van der Waals surface area contributed by atoms with Gasteiger partial charge in [-0.15, -0.1) is 0 Å². The van der Waals surface area contributed by atoms with Crippen LogP contribution in [0.15, 0.2) is 24.3 Å². The first kappa shape index (κ1) is 14.9. The van der Waals surface area contributed by atoms with Crippen molar-refractivity contribution in [2.45, 2.75) is 25.8 Å². The van der Waals surface area contributed by atoms with Crippen LogP contribution in [0.2, 0.25) is 5.02 Å². The third kappa shape index (κ3) is 3.31. The minimum atomic E-state index is -0.297. The van der Waals surface area contributed by atoms with Crippen molar-refractivity contribution in [1.82, 2.24) is 4.90 Å². The number of rotatable bonds is 3. The molecule has 0 aliphatic carbocycles. The van der Waals surface area contributed by atoms with Gasteiger partial charge in [0.05, 0.1) is 12.6 Å². The summed E-state index contributed by atoms with van der Waals surface area (Å²) in [5.41, 5.74) is 0.977. The van der Waals surface area contributed by atoms with E-state index in [1.54, 1.807) is 18.0 Å². The number of likely N-dealkylation sites (tertiary alicyclic amines) is 1. The number of esters is 1. The molecule has 0 radical (unpaired) electrons. The number of ether oxygens (including phenoxy) is 1. The van der Waals surface area contributed by atoms with Crippen molar-refractivity contribution in [3.8, 4) is 0 Å². The molecule has 0 aromatic heterocycles. The van der Waals surface area contributed by atoms with Crippen molar-refractivity contribution in [3.05, 3.63) is 34.9 Å². The van der Waals surface area contributed by atoms with Crippen molar-refractivity contribution < 1.29 is 14.3 Å². The minimum absolute atomic E-state index is 0.0973. The molecule has 2 rings (SSSR count). The largest absolute Gasteiger partial charge is 0.465 e. The zero-order chi connectivity index (χ0) is 14.7. The second-order valence-electron chi connectivity index (χ2n) is 5.11. The predicted molar refractivity (Wildman–Crippen MR) is 76.3 cm³/mol. The predicted octanol–water partition coefficient (Wildman–Crippen LogP) is 2.81. The van der Waals surface area contributed by atoms with Crippen LogP contribution in [0.25, 0.3) is 0 Å². The number of benzene rings is 1. The Hall–Kier alpha value is -1.55. The van der Waals surface area contributed by atoms with E-state index in [2.05, 4.69) is 0 Å². The summed E-state index contributed by atoms with van der Waals surface area (Å²) in [6.45, 7) is 1.72. The van der Waals surface area contributed by atoms with E-state index in [9.17, 15) is 9.59 Å². The molecule has 4 nitrogen and oxygen atoms in total. The molecular weight excluding hydrogens is 278 g/mol. The molecule has 0 N–H and O–H groups in total. The Bertz CT molecular complexity index is 518. The maximum Gasteiger partial charge on any atom is 0.302 e. The monoisotopic (exact) mass is 295 g/mol. The Labute approximate surface area is 123 Å². The first-order chi connectivity index (χ1) is 9.49. The summed E-state index contributed by atoms with van der Waals surface area (Å²) >= 11 is 6.03. The third-order valence-corrected chi connectivity index (χ3v) is 3.91. The molecule has 5 heteroatoms. The van der Waals surface area contributed by atoms with E-state index < -0.39 is 0 Å². The number of piperidine rings is 1. The number of halogens is 1. The molecule has 1 aromatic rings. The second kappa shape index (κ2) is 6.27. The van der Waals surface area contributed by atoms with Gasteiger partial charge in [-0.05, 0) is 24.1 Å². The lowest BCUT2D eigenvalue weighted by Gasteiger charge is -2.39. The molecule has 1 amide bonds. The lowest BCUT2D eigenvalue weighted by atomic mass is 9.85. The zero-order valence-corrected chi connectivity index (χ0v) is 12.4. The van der Waals surface area contributed by atoms with Gasteiger partial charge >= 0.3 is 5.97 Å². The van der Waals surface area contributed by atoms with Gasteiger partial charge in [0, 0.05) is 31.3 Å². The molecule has 0 saturated carbocycles. The standard InChI is InChI=1S/C15H18ClNO3/c1-10(18)20-9-12-6-7-14(19)17(2)15(12)11-4-3-5-13(16)8-11/h3-5,8,12,15H,6-7,9H2,1-2H3/t12-,15-/m1/s1. The number of hydrogen-bond acceptors (Lipinski definition) is 3. The number of carbonyl (C=O) groups excluding carboxylic acids is 2. The minimum Gasteiger partial charge on any atom is -0.465 e. The second-order valence-corrected chi connectivity index (χ2v) is 5.54. The summed E-state index contributed by atoms with van der Waals surface area (Å²) < 4.78 is 5.14. The van der Waals surface area contributed by atoms with Gasteiger partial charge in [-0.3, -0.25) is 9.59 Å². The average Bonchev–Trinajstić information content (AvgIpc) is 2.40. The fourth-order valence-electron chi connectivity index (χ4n) is 2.70. The zero-order valence-electron chi connectivity index (χ0n) is 11.6. The van der Waals surface area contributed by atoms with Gasteiger partial charge in [0.2, 0.25) is 5.91 Å². The Kier molecular flexibility index (Phi) is 4.65. The molecule has 0 bridgehead atoms. The van der Waals surface area contributed by atoms with Gasteiger partial charge in [0.25, 0.3) is 0 Å². The topological polar surface area (TPSA) is 46.6 Å². The molecule has 1 aromatic carbocycles. The first-order valence-electron chi connectivity index (χ1n) is 6.63. The van der Waals surface area contributed by atoms with Crippen LogP contribution in [-0.4, -0.2) is 30.4 Å². The molecule has 2 atom stereocenters. The van der Waals surface area contributed by atoms with Crippen molar-refractivity contribution in [1.29, 1.82) is 0 Å². The highest BCUT2D eigenvalue weighted by Gasteiger charge is 2.35. The molecule has 20 heavy (non-hydrogen) atoms. The van der Waals surface area contributed by atoms with Crippen LogP contribution in [0.4, 0.5) is 0 Å². The molecule has 1 aliphatic rings. The highest BCUT2D eigenvalue weighted by Crippen LogP contribution is 2.36. The summed E-state index contributed by atoms with van der Waals surface area (Å²) in [5, 5.41) is 0.639. The van der Waals surface area contributed by atoms with Crippen LogP contribution in [0.5, 0.6) is 0 Å². The molecule has 1 fully saturated rings. The van der Waals surface area contributed by atoms with Gasteiger partial charge in [-0.1, -0.05) is 23.7 Å². The smallest absolute Gasteiger partial charge is 0.302 e. The first-order valence-corrected chi connectivity index (χ1v) is 7.01. The van der Waals surface area contributed by atoms with E-state index in [1.807, 2.05) is 18.2 Å². The summed E-state index contributed by atoms with van der Waals surface area (Å²) in [4.78, 5) is 24.7. The molecule has 1 heterocycles. The Morgan fingerprint density at radius 3 is 2.90 bits per heavy atom. The molecule has 0 spiro atoms. The van der Waals surface area contributed by atoms with Crippen molar-refractivity contribution in [2.24, 2.45) is 5.92 Å².